The number of nitrogens with zero attached hydrogens (tertiary/aromatic N) is 2. The zero-order valence-corrected chi connectivity index (χ0v) is 20.9. The van der Waals surface area contributed by atoms with E-state index in [4.69, 9.17) is 11.6 Å². The smallest absolute Gasteiger partial charge is 0.244 e. The first kappa shape index (κ1) is 26.6. The van der Waals surface area contributed by atoms with Gasteiger partial charge in [0, 0.05) is 17.1 Å². The maximum absolute atomic E-state index is 13.8. The van der Waals surface area contributed by atoms with E-state index in [2.05, 4.69) is 5.32 Å². The Morgan fingerprint density at radius 3 is 2.30 bits per heavy atom. The number of nitrogens with one attached hydrogen (secondary N) is 1. The second kappa shape index (κ2) is 10.5. The molecule has 2 rings (SSSR count). The van der Waals surface area contributed by atoms with Crippen LogP contribution in [0.25, 0.3) is 0 Å². The van der Waals surface area contributed by atoms with E-state index >= 15 is 0 Å². The minimum atomic E-state index is -3.93. The fourth-order valence-electron chi connectivity index (χ4n) is 3.11. The normalized spacial score (nSPS) is 12.7. The van der Waals surface area contributed by atoms with Crippen LogP contribution < -0.4 is 9.62 Å². The summed E-state index contributed by atoms with van der Waals surface area (Å²) >= 11 is 6.27. The van der Waals surface area contributed by atoms with Gasteiger partial charge in [0.15, 0.2) is 0 Å². The maximum atomic E-state index is 13.8. The highest BCUT2D eigenvalue weighted by atomic mass is 35.5. The molecule has 7 nitrogen and oxygen atoms in total. The van der Waals surface area contributed by atoms with Crippen molar-refractivity contribution in [2.24, 2.45) is 0 Å². The molecule has 10 heteroatoms. The predicted molar refractivity (Wildman–Crippen MR) is 128 cm³/mol. The molecule has 1 atom stereocenters. The highest BCUT2D eigenvalue weighted by Gasteiger charge is 2.31. The maximum Gasteiger partial charge on any atom is 0.244 e. The number of sulfonamides is 1. The van der Waals surface area contributed by atoms with Crippen molar-refractivity contribution >= 4 is 39.1 Å². The Morgan fingerprint density at radius 1 is 1.12 bits per heavy atom. The Balaban J connectivity index is 2.42. The fraction of sp³-hybridized carbons (Fsp3) is 0.391. The van der Waals surface area contributed by atoms with E-state index in [0.717, 1.165) is 16.6 Å². The third kappa shape index (κ3) is 7.71. The third-order valence-corrected chi connectivity index (χ3v) is 6.25. The fourth-order valence-corrected chi connectivity index (χ4v) is 4.15. The van der Waals surface area contributed by atoms with E-state index in [9.17, 15) is 22.4 Å². The van der Waals surface area contributed by atoms with Crippen molar-refractivity contribution in [3.05, 3.63) is 64.9 Å². The van der Waals surface area contributed by atoms with Crippen LogP contribution in [-0.4, -0.2) is 49.5 Å². The molecule has 0 aromatic heterocycles. The molecule has 0 heterocycles. The van der Waals surface area contributed by atoms with E-state index in [0.29, 0.717) is 10.6 Å². The van der Waals surface area contributed by atoms with Crippen molar-refractivity contribution in [2.45, 2.75) is 45.8 Å². The van der Waals surface area contributed by atoms with Gasteiger partial charge in [-0.25, -0.2) is 12.8 Å². The Labute approximate surface area is 199 Å². The lowest BCUT2D eigenvalue weighted by Gasteiger charge is -2.33. The number of hydrogen-bond donors (Lipinski definition) is 1. The lowest BCUT2D eigenvalue weighted by molar-refractivity contribution is -0.140. The molecule has 0 spiro atoms. The molecular formula is C23H29ClFN3O4S. The van der Waals surface area contributed by atoms with Gasteiger partial charge in [-0.1, -0.05) is 35.9 Å². The van der Waals surface area contributed by atoms with E-state index in [1.165, 1.54) is 23.1 Å². The largest absolute Gasteiger partial charge is 0.350 e. The van der Waals surface area contributed by atoms with Crippen molar-refractivity contribution in [3.8, 4) is 0 Å². The van der Waals surface area contributed by atoms with Crippen LogP contribution in [0.2, 0.25) is 5.02 Å². The van der Waals surface area contributed by atoms with Crippen molar-refractivity contribution < 1.29 is 22.4 Å². The van der Waals surface area contributed by atoms with Crippen molar-refractivity contribution in [1.82, 2.24) is 10.2 Å². The number of amides is 2. The van der Waals surface area contributed by atoms with Crippen LogP contribution >= 0.6 is 11.6 Å². The van der Waals surface area contributed by atoms with Gasteiger partial charge in [-0.2, -0.15) is 0 Å². The Hall–Kier alpha value is -2.65. The van der Waals surface area contributed by atoms with Gasteiger partial charge in [0.2, 0.25) is 21.8 Å². The van der Waals surface area contributed by atoms with Crippen molar-refractivity contribution in [1.29, 1.82) is 0 Å². The summed E-state index contributed by atoms with van der Waals surface area (Å²) in [7, 11) is -3.93. The highest BCUT2D eigenvalue weighted by Crippen LogP contribution is 2.22. The molecule has 0 aliphatic rings. The van der Waals surface area contributed by atoms with E-state index < -0.39 is 45.8 Å². The number of benzene rings is 2. The number of halogens is 2. The predicted octanol–water partition coefficient (Wildman–Crippen LogP) is 3.58. The van der Waals surface area contributed by atoms with Gasteiger partial charge in [0.25, 0.3) is 0 Å². The SMILES string of the molecule is C[C@@H](C(=O)NC(C)(C)C)N(Cc1ccccc1Cl)C(=O)CN(c1cccc(F)c1)S(C)(=O)=O. The van der Waals surface area contributed by atoms with Gasteiger partial charge in [0.05, 0.1) is 11.9 Å². The standard InChI is InChI=1S/C23H29ClFN3O4S/c1-16(22(30)26-23(2,3)4)27(14-17-9-6-7-12-20(17)24)21(29)15-28(33(5,31)32)19-11-8-10-18(25)13-19/h6-13,16H,14-15H2,1-5H3,(H,26,30)/t16-/m0/s1. The second-order valence-corrected chi connectivity index (χ2v) is 11.1. The molecule has 0 aliphatic heterocycles. The van der Waals surface area contributed by atoms with Crippen LogP contribution in [0.1, 0.15) is 33.3 Å². The molecule has 2 aromatic carbocycles. The van der Waals surface area contributed by atoms with Crippen LogP contribution in [0.4, 0.5) is 10.1 Å². The summed E-state index contributed by atoms with van der Waals surface area (Å²) < 4.78 is 39.4. The zero-order valence-electron chi connectivity index (χ0n) is 19.3. The summed E-state index contributed by atoms with van der Waals surface area (Å²) in [5.74, 6) is -1.68. The van der Waals surface area contributed by atoms with Gasteiger partial charge < -0.3 is 10.2 Å². The van der Waals surface area contributed by atoms with Crippen LogP contribution in [0, 0.1) is 5.82 Å². The summed E-state index contributed by atoms with van der Waals surface area (Å²) in [6, 6.07) is 10.9. The Kier molecular flexibility index (Phi) is 8.48. The number of anilines is 1. The molecule has 0 unspecified atom stereocenters. The molecule has 0 saturated heterocycles. The Bertz CT molecular complexity index is 1120. The number of hydrogen-bond acceptors (Lipinski definition) is 4. The van der Waals surface area contributed by atoms with Crippen molar-refractivity contribution in [3.63, 3.8) is 0 Å². The van der Waals surface area contributed by atoms with Crippen LogP contribution in [0.15, 0.2) is 48.5 Å². The molecule has 1 N–H and O–H groups in total. The topological polar surface area (TPSA) is 86.8 Å². The summed E-state index contributed by atoms with van der Waals surface area (Å²) in [4.78, 5) is 27.5. The van der Waals surface area contributed by atoms with Crippen LogP contribution in [0.5, 0.6) is 0 Å². The molecule has 2 amide bonds. The quantitative estimate of drug-likeness (QED) is 0.604. The van der Waals surface area contributed by atoms with Crippen LogP contribution in [-0.2, 0) is 26.2 Å². The van der Waals surface area contributed by atoms with Gasteiger partial charge in [-0.15, -0.1) is 0 Å². The number of rotatable bonds is 8. The minimum Gasteiger partial charge on any atom is -0.350 e. The monoisotopic (exact) mass is 497 g/mol. The van der Waals surface area contributed by atoms with Gasteiger partial charge in [-0.3, -0.25) is 13.9 Å². The molecule has 0 saturated carbocycles. The zero-order chi connectivity index (χ0) is 25.0. The van der Waals surface area contributed by atoms with Crippen molar-refractivity contribution in [2.75, 3.05) is 17.1 Å². The average molecular weight is 498 g/mol. The molecule has 0 radical (unpaired) electrons. The van der Waals surface area contributed by atoms with E-state index in [-0.39, 0.29) is 12.2 Å². The second-order valence-electron chi connectivity index (χ2n) is 8.78. The first-order chi connectivity index (χ1) is 15.2. The van der Waals surface area contributed by atoms with Gasteiger partial charge in [-0.05, 0) is 57.5 Å². The minimum absolute atomic E-state index is 0.00957. The number of carbonyl (C=O) groups excluding carboxylic acids is 2. The summed E-state index contributed by atoms with van der Waals surface area (Å²) in [6.45, 7) is 6.37. The first-order valence-corrected chi connectivity index (χ1v) is 12.5. The molecule has 0 aliphatic carbocycles. The average Bonchev–Trinajstić information content (AvgIpc) is 2.68. The van der Waals surface area contributed by atoms with Gasteiger partial charge >= 0.3 is 0 Å². The summed E-state index contributed by atoms with van der Waals surface area (Å²) in [5.41, 5.74) is 0.0695. The van der Waals surface area contributed by atoms with Crippen LogP contribution in [0.3, 0.4) is 0 Å². The van der Waals surface area contributed by atoms with Gasteiger partial charge in [0.1, 0.15) is 18.4 Å². The van der Waals surface area contributed by atoms with E-state index in [1.807, 2.05) is 20.8 Å². The number of carbonyl (C=O) groups is 2. The molecule has 2 aromatic rings. The third-order valence-electron chi connectivity index (χ3n) is 4.74. The molecular weight excluding hydrogens is 469 g/mol. The lowest BCUT2D eigenvalue weighted by atomic mass is 10.1. The van der Waals surface area contributed by atoms with E-state index in [1.54, 1.807) is 31.2 Å². The summed E-state index contributed by atoms with van der Waals surface area (Å²) in [5, 5.41) is 3.24. The molecule has 0 fully saturated rings. The molecule has 33 heavy (non-hydrogen) atoms. The summed E-state index contributed by atoms with van der Waals surface area (Å²) in [6.07, 6.45) is 0.930. The Morgan fingerprint density at radius 2 is 1.76 bits per heavy atom. The molecule has 180 valence electrons. The highest BCUT2D eigenvalue weighted by molar-refractivity contribution is 7.92. The lowest BCUT2D eigenvalue weighted by Crippen LogP contribution is -2.54. The molecule has 0 bridgehead atoms. The first-order valence-electron chi connectivity index (χ1n) is 10.3.